The zero-order chi connectivity index (χ0) is 21.7. The fourth-order valence-electron chi connectivity index (χ4n) is 4.01. The SMILES string of the molecule is Cc1csc(C(C)(CC2CC2)c2c(C(N)=O)ncc(C3CC3)c2OCC(F)(F)F)n1. The average molecular weight is 440 g/mol. The van der Waals surface area contributed by atoms with Crippen molar-refractivity contribution in [3.63, 3.8) is 0 Å². The summed E-state index contributed by atoms with van der Waals surface area (Å²) in [7, 11) is 0. The van der Waals surface area contributed by atoms with E-state index in [0.717, 1.165) is 36.4 Å². The van der Waals surface area contributed by atoms with E-state index in [0.29, 0.717) is 23.5 Å². The summed E-state index contributed by atoms with van der Waals surface area (Å²) in [6, 6.07) is 0. The number of nitrogens with zero attached hydrogens (tertiary/aromatic N) is 2. The van der Waals surface area contributed by atoms with Gasteiger partial charge < -0.3 is 10.5 Å². The quantitative estimate of drug-likeness (QED) is 0.637. The highest BCUT2D eigenvalue weighted by Gasteiger charge is 2.45. The van der Waals surface area contributed by atoms with Gasteiger partial charge in [-0.25, -0.2) is 4.98 Å². The molecule has 0 bridgehead atoms. The average Bonchev–Trinajstić information content (AvgIpc) is 3.58. The lowest BCUT2D eigenvalue weighted by atomic mass is 9.76. The number of nitrogens with two attached hydrogens (primary N) is 1. The summed E-state index contributed by atoms with van der Waals surface area (Å²) >= 11 is 1.43. The third kappa shape index (κ3) is 4.31. The van der Waals surface area contributed by atoms with Gasteiger partial charge in [0.15, 0.2) is 6.61 Å². The molecule has 2 N–H and O–H groups in total. The minimum Gasteiger partial charge on any atom is -0.483 e. The lowest BCUT2D eigenvalue weighted by molar-refractivity contribution is -0.153. The van der Waals surface area contributed by atoms with E-state index in [1.165, 1.54) is 17.5 Å². The predicted molar refractivity (Wildman–Crippen MR) is 107 cm³/mol. The van der Waals surface area contributed by atoms with Gasteiger partial charge >= 0.3 is 6.18 Å². The van der Waals surface area contributed by atoms with Gasteiger partial charge in [-0.3, -0.25) is 9.78 Å². The van der Waals surface area contributed by atoms with E-state index in [9.17, 15) is 18.0 Å². The van der Waals surface area contributed by atoms with Crippen LogP contribution in [0.3, 0.4) is 0 Å². The third-order valence-electron chi connectivity index (χ3n) is 5.73. The second kappa shape index (κ2) is 7.51. The van der Waals surface area contributed by atoms with Crippen LogP contribution in [0.1, 0.15) is 77.3 Å². The minimum atomic E-state index is -4.50. The zero-order valence-electron chi connectivity index (χ0n) is 16.9. The molecule has 0 aromatic carbocycles. The molecule has 162 valence electrons. The monoisotopic (exact) mass is 439 g/mol. The standard InChI is InChI=1S/C21H24F3N3O2S/c1-11-9-30-19(27-11)20(2,7-12-3-4-12)15-16(18(25)28)26-8-14(13-5-6-13)17(15)29-10-21(22,23)24/h8-9,12-13H,3-7,10H2,1-2H3,(H2,25,28). The van der Waals surface area contributed by atoms with Crippen molar-refractivity contribution < 1.29 is 22.7 Å². The number of aromatic nitrogens is 2. The molecule has 0 radical (unpaired) electrons. The van der Waals surface area contributed by atoms with Gasteiger partial charge in [-0.2, -0.15) is 13.2 Å². The largest absolute Gasteiger partial charge is 0.483 e. The molecule has 2 aliphatic rings. The van der Waals surface area contributed by atoms with Crippen LogP contribution in [0, 0.1) is 12.8 Å². The van der Waals surface area contributed by atoms with Crippen molar-refractivity contribution in [2.45, 2.75) is 63.5 Å². The van der Waals surface area contributed by atoms with Crippen LogP contribution in [0.5, 0.6) is 5.75 Å². The fourth-order valence-corrected chi connectivity index (χ4v) is 4.98. The molecule has 4 rings (SSSR count). The molecule has 2 saturated carbocycles. The number of carbonyl (C=O) groups excluding carboxylic acids is 1. The molecule has 2 fully saturated rings. The number of thiazole rings is 1. The summed E-state index contributed by atoms with van der Waals surface area (Å²) < 4.78 is 44.6. The molecular formula is C21H24F3N3O2S. The molecule has 1 atom stereocenters. The van der Waals surface area contributed by atoms with Crippen LogP contribution in [0.25, 0.3) is 0 Å². The van der Waals surface area contributed by atoms with E-state index in [1.54, 1.807) is 0 Å². The van der Waals surface area contributed by atoms with Crippen molar-refractivity contribution in [1.29, 1.82) is 0 Å². The maximum Gasteiger partial charge on any atom is 0.422 e. The first kappa shape index (κ1) is 21.1. The number of primary amides is 1. The van der Waals surface area contributed by atoms with Crippen molar-refractivity contribution in [2.24, 2.45) is 11.7 Å². The first-order chi connectivity index (χ1) is 14.1. The van der Waals surface area contributed by atoms with Crippen LogP contribution in [0.4, 0.5) is 13.2 Å². The number of halogens is 3. The van der Waals surface area contributed by atoms with Gasteiger partial charge in [-0.1, -0.05) is 12.8 Å². The Kier molecular flexibility index (Phi) is 5.28. The summed E-state index contributed by atoms with van der Waals surface area (Å²) in [5.74, 6) is -0.168. The highest BCUT2D eigenvalue weighted by molar-refractivity contribution is 7.09. The van der Waals surface area contributed by atoms with E-state index in [-0.39, 0.29) is 17.4 Å². The van der Waals surface area contributed by atoms with Gasteiger partial charge in [-0.05, 0) is 44.9 Å². The Balaban J connectivity index is 1.93. The molecule has 2 aliphatic carbocycles. The number of pyridine rings is 1. The number of ether oxygens (including phenoxy) is 1. The number of aryl methyl sites for hydroxylation is 1. The van der Waals surface area contributed by atoms with E-state index in [2.05, 4.69) is 9.97 Å². The van der Waals surface area contributed by atoms with E-state index in [4.69, 9.17) is 10.5 Å². The van der Waals surface area contributed by atoms with Crippen LogP contribution < -0.4 is 10.5 Å². The number of rotatable bonds is 8. The number of carbonyl (C=O) groups is 1. The lowest BCUT2D eigenvalue weighted by Crippen LogP contribution is -2.32. The Morgan fingerprint density at radius 3 is 2.50 bits per heavy atom. The highest BCUT2D eigenvalue weighted by atomic mass is 32.1. The number of alkyl halides is 3. The maximum atomic E-state index is 13.1. The van der Waals surface area contributed by atoms with Gasteiger partial charge in [0.25, 0.3) is 5.91 Å². The fraction of sp³-hybridized carbons (Fsp3) is 0.571. The summed E-state index contributed by atoms with van der Waals surface area (Å²) in [6.45, 7) is 2.36. The molecule has 30 heavy (non-hydrogen) atoms. The Morgan fingerprint density at radius 1 is 1.30 bits per heavy atom. The van der Waals surface area contributed by atoms with Gasteiger partial charge in [0.05, 0.1) is 5.41 Å². The first-order valence-corrected chi connectivity index (χ1v) is 10.9. The van der Waals surface area contributed by atoms with Crippen LogP contribution >= 0.6 is 11.3 Å². The van der Waals surface area contributed by atoms with Gasteiger partial charge in [0.1, 0.15) is 16.5 Å². The molecular weight excluding hydrogens is 415 g/mol. The molecule has 2 aromatic heterocycles. The molecule has 5 nitrogen and oxygen atoms in total. The van der Waals surface area contributed by atoms with E-state index in [1.807, 2.05) is 19.2 Å². The summed E-state index contributed by atoms with van der Waals surface area (Å²) in [4.78, 5) is 21.3. The van der Waals surface area contributed by atoms with E-state index >= 15 is 0 Å². The molecule has 0 saturated heterocycles. The van der Waals surface area contributed by atoms with Crippen molar-refractivity contribution >= 4 is 17.2 Å². The minimum absolute atomic E-state index is 0.0347. The Morgan fingerprint density at radius 2 is 2.00 bits per heavy atom. The van der Waals surface area contributed by atoms with Gasteiger partial charge in [0.2, 0.25) is 0 Å². The maximum absolute atomic E-state index is 13.1. The van der Waals surface area contributed by atoms with E-state index < -0.39 is 24.1 Å². The molecule has 9 heteroatoms. The number of hydrogen-bond acceptors (Lipinski definition) is 5. The summed E-state index contributed by atoms with van der Waals surface area (Å²) in [5.41, 5.74) is 6.58. The topological polar surface area (TPSA) is 78.1 Å². The van der Waals surface area contributed by atoms with Crippen LogP contribution in [0.2, 0.25) is 0 Å². The zero-order valence-corrected chi connectivity index (χ0v) is 17.7. The van der Waals surface area contributed by atoms with Crippen LogP contribution in [0.15, 0.2) is 11.6 Å². The smallest absolute Gasteiger partial charge is 0.422 e. The lowest BCUT2D eigenvalue weighted by Gasteiger charge is -2.32. The molecule has 1 amide bonds. The number of amides is 1. The molecule has 1 unspecified atom stereocenters. The molecule has 0 aliphatic heterocycles. The Labute approximate surface area is 176 Å². The number of hydrogen-bond donors (Lipinski definition) is 1. The predicted octanol–water partition coefficient (Wildman–Crippen LogP) is 4.87. The second-order valence-electron chi connectivity index (χ2n) is 8.58. The van der Waals surface area contributed by atoms with Gasteiger partial charge in [-0.15, -0.1) is 11.3 Å². The van der Waals surface area contributed by atoms with Crippen LogP contribution in [-0.2, 0) is 5.41 Å². The molecule has 0 spiro atoms. The molecule has 2 aromatic rings. The van der Waals surface area contributed by atoms with Crippen molar-refractivity contribution in [1.82, 2.24) is 9.97 Å². The Hall–Kier alpha value is -2.16. The summed E-state index contributed by atoms with van der Waals surface area (Å²) in [6.07, 6.45) is 1.40. The Bertz CT molecular complexity index is 967. The van der Waals surface area contributed by atoms with Crippen molar-refractivity contribution in [3.8, 4) is 5.75 Å². The second-order valence-corrected chi connectivity index (χ2v) is 9.44. The third-order valence-corrected chi connectivity index (χ3v) is 6.95. The summed E-state index contributed by atoms with van der Waals surface area (Å²) in [5, 5.41) is 2.64. The van der Waals surface area contributed by atoms with Crippen molar-refractivity contribution in [3.05, 3.63) is 39.1 Å². The highest BCUT2D eigenvalue weighted by Crippen LogP contribution is 2.53. The van der Waals surface area contributed by atoms with Crippen LogP contribution in [-0.4, -0.2) is 28.7 Å². The van der Waals surface area contributed by atoms with Gasteiger partial charge in [0, 0.05) is 28.4 Å². The normalized spacial score (nSPS) is 18.8. The molecule has 2 heterocycles. The first-order valence-electron chi connectivity index (χ1n) is 10.0. The van der Waals surface area contributed by atoms with Crippen molar-refractivity contribution in [2.75, 3.05) is 6.61 Å².